The largest absolute Gasteiger partial charge is 0.493 e. The van der Waals surface area contributed by atoms with Crippen LogP contribution in [0, 0.1) is 0 Å². The molecule has 2 aromatic carbocycles. The second-order valence-electron chi connectivity index (χ2n) is 9.03. The lowest BCUT2D eigenvalue weighted by Crippen LogP contribution is -2.34. The number of ether oxygens (including phenoxy) is 3. The van der Waals surface area contributed by atoms with Gasteiger partial charge in [0.25, 0.3) is 0 Å². The van der Waals surface area contributed by atoms with Gasteiger partial charge in [-0.25, -0.2) is 4.98 Å². The highest BCUT2D eigenvalue weighted by Gasteiger charge is 2.22. The lowest BCUT2D eigenvalue weighted by atomic mass is 10.2. The smallest absolute Gasteiger partial charge is 0.249 e. The van der Waals surface area contributed by atoms with E-state index < -0.39 is 0 Å². The van der Waals surface area contributed by atoms with Gasteiger partial charge in [-0.3, -0.25) is 4.79 Å². The molecule has 1 aliphatic rings. The van der Waals surface area contributed by atoms with Crippen molar-refractivity contribution in [1.82, 2.24) is 14.9 Å². The molecule has 0 saturated carbocycles. The van der Waals surface area contributed by atoms with E-state index in [1.165, 1.54) is 0 Å². The summed E-state index contributed by atoms with van der Waals surface area (Å²) in [6.45, 7) is 4.81. The van der Waals surface area contributed by atoms with Crippen LogP contribution < -0.4 is 14.8 Å². The summed E-state index contributed by atoms with van der Waals surface area (Å²) in [4.78, 5) is 17.0. The molecular formula is C29H37N3O4. The molecule has 7 heteroatoms. The van der Waals surface area contributed by atoms with Crippen molar-refractivity contribution in [3.63, 3.8) is 0 Å². The highest BCUT2D eigenvalue weighted by Crippen LogP contribution is 2.29. The molecule has 1 unspecified atom stereocenters. The molecule has 1 N–H and O–H groups in total. The Morgan fingerprint density at radius 1 is 1.19 bits per heavy atom. The second kappa shape index (κ2) is 13.1. The molecule has 1 aromatic heterocycles. The molecule has 1 amide bonds. The summed E-state index contributed by atoms with van der Waals surface area (Å²) < 4.78 is 19.3. The Morgan fingerprint density at radius 3 is 2.89 bits per heavy atom. The van der Waals surface area contributed by atoms with Gasteiger partial charge in [0.1, 0.15) is 11.9 Å². The van der Waals surface area contributed by atoms with E-state index in [0.29, 0.717) is 19.8 Å². The number of hydrogen-bond donors (Lipinski definition) is 1. The van der Waals surface area contributed by atoms with Crippen molar-refractivity contribution in [2.24, 2.45) is 0 Å². The lowest BCUT2D eigenvalue weighted by molar-refractivity contribution is -0.130. The van der Waals surface area contributed by atoms with Crippen molar-refractivity contribution in [2.45, 2.75) is 58.1 Å². The van der Waals surface area contributed by atoms with E-state index in [-0.39, 0.29) is 12.0 Å². The quantitative estimate of drug-likeness (QED) is 0.334. The van der Waals surface area contributed by atoms with Crippen LogP contribution in [0.15, 0.2) is 48.5 Å². The number of imidazole rings is 1. The van der Waals surface area contributed by atoms with E-state index in [1.807, 2.05) is 43.3 Å². The first-order valence-corrected chi connectivity index (χ1v) is 13.0. The van der Waals surface area contributed by atoms with Crippen LogP contribution >= 0.6 is 0 Å². The maximum atomic E-state index is 12.2. The number of aryl methyl sites for hydroxylation is 2. The summed E-state index contributed by atoms with van der Waals surface area (Å²) in [5.41, 5.74) is 3.25. The van der Waals surface area contributed by atoms with Crippen LogP contribution in [-0.2, 0) is 22.5 Å². The fourth-order valence-corrected chi connectivity index (χ4v) is 4.58. The fourth-order valence-electron chi connectivity index (χ4n) is 4.58. The first-order chi connectivity index (χ1) is 17.7. The van der Waals surface area contributed by atoms with Gasteiger partial charge in [0.2, 0.25) is 5.91 Å². The van der Waals surface area contributed by atoms with Crippen LogP contribution in [0.2, 0.25) is 0 Å². The fraction of sp³-hybridized carbons (Fsp3) is 0.448. The molecule has 36 heavy (non-hydrogen) atoms. The molecule has 7 nitrogen and oxygen atoms in total. The van der Waals surface area contributed by atoms with Crippen LogP contribution in [0.4, 0.5) is 0 Å². The minimum Gasteiger partial charge on any atom is -0.493 e. The van der Waals surface area contributed by atoms with E-state index in [0.717, 1.165) is 79.0 Å². The van der Waals surface area contributed by atoms with Gasteiger partial charge in [-0.2, -0.15) is 0 Å². The van der Waals surface area contributed by atoms with Gasteiger partial charge < -0.3 is 24.1 Å². The van der Waals surface area contributed by atoms with Gasteiger partial charge in [0.05, 0.1) is 24.8 Å². The van der Waals surface area contributed by atoms with E-state index in [1.54, 1.807) is 7.11 Å². The van der Waals surface area contributed by atoms with Crippen molar-refractivity contribution in [3.8, 4) is 11.5 Å². The maximum absolute atomic E-state index is 12.2. The zero-order valence-electron chi connectivity index (χ0n) is 21.4. The highest BCUT2D eigenvalue weighted by atomic mass is 16.5. The number of benzene rings is 2. The summed E-state index contributed by atoms with van der Waals surface area (Å²) >= 11 is 0. The molecule has 0 aliphatic carbocycles. The number of allylic oxidation sites excluding steroid dienone is 1. The Labute approximate surface area is 213 Å². The van der Waals surface area contributed by atoms with Crippen molar-refractivity contribution in [2.75, 3.05) is 26.9 Å². The predicted molar refractivity (Wildman–Crippen MR) is 142 cm³/mol. The molecular weight excluding hydrogens is 454 g/mol. The summed E-state index contributed by atoms with van der Waals surface area (Å²) in [5, 5.41) is 3.01. The number of unbranched alkanes of at least 4 members (excludes halogenated alkanes) is 1. The monoisotopic (exact) mass is 491 g/mol. The molecule has 1 atom stereocenters. The number of carbonyl (C=O) groups excluding carboxylic acids is 1. The van der Waals surface area contributed by atoms with Crippen molar-refractivity contribution >= 4 is 23.0 Å². The third-order valence-corrected chi connectivity index (χ3v) is 6.41. The average molecular weight is 492 g/mol. The molecule has 4 rings (SSSR count). The van der Waals surface area contributed by atoms with E-state index in [9.17, 15) is 4.79 Å². The van der Waals surface area contributed by atoms with Crippen molar-refractivity contribution in [3.05, 3.63) is 59.9 Å². The van der Waals surface area contributed by atoms with Gasteiger partial charge in [-0.15, -0.1) is 0 Å². The summed E-state index contributed by atoms with van der Waals surface area (Å²) in [6, 6.07) is 14.2. The molecule has 1 saturated heterocycles. The molecule has 1 aliphatic heterocycles. The Kier molecular flexibility index (Phi) is 9.39. The topological polar surface area (TPSA) is 74.6 Å². The molecule has 192 valence electrons. The van der Waals surface area contributed by atoms with Crippen LogP contribution in [0.1, 0.15) is 50.4 Å². The number of nitrogens with one attached hydrogen (secondary N) is 1. The molecule has 0 radical (unpaired) electrons. The van der Waals surface area contributed by atoms with Crippen LogP contribution in [0.25, 0.3) is 17.1 Å². The molecule has 0 bridgehead atoms. The molecule has 3 aromatic rings. The standard InChI is InChI=1S/C29H37N3O4/c1-3-10-22-15-16-25(27(21-22)34-2)35-19-7-6-18-32-24-12-5-4-11-23(24)31-28(32)14-8-17-30-29(33)26-13-9-20-36-26/h3-5,10-12,15-16,21,26H,6-9,13-14,17-20H2,1-2H3,(H,30,33)/b10-3+. The number of hydrogen-bond acceptors (Lipinski definition) is 5. The average Bonchev–Trinajstić information content (AvgIpc) is 3.56. The predicted octanol–water partition coefficient (Wildman–Crippen LogP) is 5.17. The lowest BCUT2D eigenvalue weighted by Gasteiger charge is -2.13. The number of rotatable bonds is 13. The van der Waals surface area contributed by atoms with Crippen molar-refractivity contribution < 1.29 is 19.0 Å². The Bertz CT molecular complexity index is 1160. The molecule has 2 heterocycles. The minimum atomic E-state index is -0.275. The van der Waals surface area contributed by atoms with E-state index >= 15 is 0 Å². The van der Waals surface area contributed by atoms with Gasteiger partial charge in [0, 0.05) is 26.1 Å². The molecule has 0 spiro atoms. The summed E-state index contributed by atoms with van der Waals surface area (Å²) in [6.07, 6.45) is 9.10. The number of methoxy groups -OCH3 is 1. The minimum absolute atomic E-state index is 0.00843. The third-order valence-electron chi connectivity index (χ3n) is 6.41. The van der Waals surface area contributed by atoms with Crippen LogP contribution in [-0.4, -0.2) is 48.4 Å². The summed E-state index contributed by atoms with van der Waals surface area (Å²) in [5.74, 6) is 2.59. The SMILES string of the molecule is C/C=C/c1ccc(OCCCCn2c(CCCNC(=O)C3CCCO3)nc3ccccc32)c(OC)c1. The Hall–Kier alpha value is -3.32. The number of carbonyl (C=O) groups is 1. The van der Waals surface area contributed by atoms with E-state index in [2.05, 4.69) is 28.1 Å². The van der Waals surface area contributed by atoms with Crippen LogP contribution in [0.5, 0.6) is 11.5 Å². The summed E-state index contributed by atoms with van der Waals surface area (Å²) in [7, 11) is 1.67. The van der Waals surface area contributed by atoms with Gasteiger partial charge in [-0.1, -0.05) is 30.4 Å². The third kappa shape index (κ3) is 6.66. The number of para-hydroxylation sites is 2. The van der Waals surface area contributed by atoms with Crippen molar-refractivity contribution in [1.29, 1.82) is 0 Å². The Morgan fingerprint density at radius 2 is 2.08 bits per heavy atom. The molecule has 1 fully saturated rings. The number of amides is 1. The van der Waals surface area contributed by atoms with Gasteiger partial charge in [0.15, 0.2) is 11.5 Å². The van der Waals surface area contributed by atoms with E-state index in [4.69, 9.17) is 19.2 Å². The highest BCUT2D eigenvalue weighted by molar-refractivity contribution is 5.81. The normalized spacial score (nSPS) is 15.6. The number of aromatic nitrogens is 2. The zero-order valence-corrected chi connectivity index (χ0v) is 21.4. The van der Waals surface area contributed by atoms with Crippen LogP contribution in [0.3, 0.4) is 0 Å². The Balaban J connectivity index is 1.28. The first-order valence-electron chi connectivity index (χ1n) is 13.0. The first kappa shape index (κ1) is 25.8. The zero-order chi connectivity index (χ0) is 25.2. The second-order valence-corrected chi connectivity index (χ2v) is 9.03. The van der Waals surface area contributed by atoms with Gasteiger partial charge >= 0.3 is 0 Å². The number of nitrogens with zero attached hydrogens (tertiary/aromatic N) is 2. The van der Waals surface area contributed by atoms with Gasteiger partial charge in [-0.05, 0) is 68.9 Å². The maximum Gasteiger partial charge on any atom is 0.249 e. The number of fused-ring (bicyclic) bond motifs is 1.